The van der Waals surface area contributed by atoms with Gasteiger partial charge in [0.2, 0.25) is 0 Å². The van der Waals surface area contributed by atoms with E-state index in [9.17, 15) is 0 Å². The van der Waals surface area contributed by atoms with Gasteiger partial charge in [0.05, 0.1) is 11.4 Å². The van der Waals surface area contributed by atoms with Crippen LogP contribution in [0.5, 0.6) is 0 Å². The van der Waals surface area contributed by atoms with E-state index in [0.717, 1.165) is 44.2 Å². The Bertz CT molecular complexity index is 1510. The number of hydrogen-bond donors (Lipinski definition) is 0. The Morgan fingerprint density at radius 3 is 2.28 bits per heavy atom. The van der Waals surface area contributed by atoms with Gasteiger partial charge >= 0.3 is 0 Å². The van der Waals surface area contributed by atoms with Crippen molar-refractivity contribution in [1.29, 1.82) is 0 Å². The van der Waals surface area contributed by atoms with E-state index in [1.165, 1.54) is 10.8 Å². The van der Waals surface area contributed by atoms with Crippen molar-refractivity contribution in [2.75, 3.05) is 0 Å². The number of hydrogen-bond acceptors (Lipinski definition) is 4. The van der Waals surface area contributed by atoms with Crippen LogP contribution in [-0.4, -0.2) is 15.0 Å². The zero-order valence-corrected chi connectivity index (χ0v) is 19.1. The summed E-state index contributed by atoms with van der Waals surface area (Å²) in [7, 11) is 0. The molecule has 32 heavy (non-hydrogen) atoms. The van der Waals surface area contributed by atoms with E-state index < -0.39 is 0 Å². The van der Waals surface area contributed by atoms with Gasteiger partial charge in [-0.25, -0.2) is 0 Å². The topological polar surface area (TPSA) is 51.8 Å². The second-order valence-corrected chi connectivity index (χ2v) is 7.12. The number of aromatic nitrogens is 3. The second-order valence-electron chi connectivity index (χ2n) is 7.12. The molecule has 7 aromatic rings. The summed E-state index contributed by atoms with van der Waals surface area (Å²) in [5.74, 6) is 0.720. The Kier molecular flexibility index (Phi) is 5.36. The zero-order valence-electron chi connectivity index (χ0n) is 16.7. The number of benzene rings is 4. The first-order valence-corrected chi connectivity index (χ1v) is 9.96. The molecule has 0 aliphatic heterocycles. The summed E-state index contributed by atoms with van der Waals surface area (Å²) in [6.45, 7) is 0. The molecule has 0 saturated heterocycles. The van der Waals surface area contributed by atoms with Crippen LogP contribution < -0.4 is 0 Å². The molecule has 4 nitrogen and oxygen atoms in total. The molecular weight excluding hydrogens is 575 g/mol. The second kappa shape index (κ2) is 8.46. The monoisotopic (exact) mass is 590 g/mol. The Morgan fingerprint density at radius 2 is 1.44 bits per heavy atom. The summed E-state index contributed by atoms with van der Waals surface area (Å²) < 4.78 is 5.94. The molecule has 0 N–H and O–H groups in total. The Morgan fingerprint density at radius 1 is 0.625 bits per heavy atom. The maximum absolute atomic E-state index is 5.94. The SMILES string of the molecule is [Ir].[c-]1ccc2oc3cccc4c5cccnc5c1c2c34.[c-]1ccccc1-c1ncccn1. The van der Waals surface area contributed by atoms with Gasteiger partial charge < -0.3 is 9.40 Å². The molecule has 0 amide bonds. The number of rotatable bonds is 1. The first-order valence-electron chi connectivity index (χ1n) is 9.96. The standard InChI is InChI=1S/C17H8NO.C10H7N2.Ir/c1-4-10-11-6-3-9-18-17(11)12-5-2-8-14-16(12)15(10)13(7-1)19-14;1-2-5-9(6-3-1)10-11-7-4-8-12-10;/h1-4,6-9H;1-5,7-8H;/q2*-1;. The summed E-state index contributed by atoms with van der Waals surface area (Å²) in [6.07, 6.45) is 5.28. The van der Waals surface area contributed by atoms with Crippen molar-refractivity contribution in [3.8, 4) is 11.4 Å². The van der Waals surface area contributed by atoms with E-state index in [1.807, 2.05) is 60.8 Å². The van der Waals surface area contributed by atoms with Crippen LogP contribution in [0.4, 0.5) is 0 Å². The number of fused-ring (bicyclic) bond motifs is 3. The molecule has 0 bridgehead atoms. The first-order chi connectivity index (χ1) is 15.4. The molecule has 3 aromatic heterocycles. The van der Waals surface area contributed by atoms with Gasteiger partial charge in [0, 0.05) is 38.7 Å². The van der Waals surface area contributed by atoms with Gasteiger partial charge in [0.15, 0.2) is 0 Å². The molecule has 0 unspecified atom stereocenters. The molecule has 1 radical (unpaired) electrons. The van der Waals surface area contributed by atoms with Crippen LogP contribution in [0.2, 0.25) is 0 Å². The summed E-state index contributed by atoms with van der Waals surface area (Å²) >= 11 is 0. The quantitative estimate of drug-likeness (QED) is 0.163. The van der Waals surface area contributed by atoms with E-state index >= 15 is 0 Å². The predicted octanol–water partition coefficient (Wildman–Crippen LogP) is 6.47. The van der Waals surface area contributed by atoms with Crippen LogP contribution in [-0.2, 0) is 20.1 Å². The summed E-state index contributed by atoms with van der Waals surface area (Å²) in [4.78, 5) is 12.8. The minimum absolute atomic E-state index is 0. The molecule has 0 aliphatic carbocycles. The minimum atomic E-state index is 0. The fourth-order valence-electron chi connectivity index (χ4n) is 4.01. The van der Waals surface area contributed by atoms with Crippen molar-refractivity contribution in [2.45, 2.75) is 0 Å². The summed E-state index contributed by atoms with van der Waals surface area (Å²) in [6, 6.07) is 30.0. The van der Waals surface area contributed by atoms with Gasteiger partial charge in [0.1, 0.15) is 5.58 Å². The maximum atomic E-state index is 5.94. The molecule has 155 valence electrons. The number of nitrogens with zero attached hydrogens (tertiary/aromatic N) is 3. The predicted molar refractivity (Wildman–Crippen MR) is 123 cm³/mol. The van der Waals surface area contributed by atoms with Gasteiger partial charge in [-0.15, -0.1) is 53.4 Å². The van der Waals surface area contributed by atoms with Crippen molar-refractivity contribution in [3.05, 3.63) is 104 Å². The third-order valence-electron chi connectivity index (χ3n) is 5.31. The largest absolute Gasteiger partial charge is 0.476 e. The Labute approximate surface area is 197 Å². The Balaban J connectivity index is 0.000000145. The molecule has 4 aromatic carbocycles. The van der Waals surface area contributed by atoms with Gasteiger partial charge in [-0.2, -0.15) is 0 Å². The molecule has 0 atom stereocenters. The van der Waals surface area contributed by atoms with Crippen LogP contribution >= 0.6 is 0 Å². The van der Waals surface area contributed by atoms with Crippen LogP contribution in [0.15, 0.2) is 95.8 Å². The normalized spacial score (nSPS) is 10.9. The average molecular weight is 590 g/mol. The molecule has 3 heterocycles. The van der Waals surface area contributed by atoms with Gasteiger partial charge in [-0.1, -0.05) is 29.7 Å². The molecule has 7 rings (SSSR count). The molecule has 5 heteroatoms. The average Bonchev–Trinajstić information content (AvgIpc) is 3.25. The van der Waals surface area contributed by atoms with Gasteiger partial charge in [-0.05, 0) is 39.9 Å². The fourth-order valence-corrected chi connectivity index (χ4v) is 4.01. The van der Waals surface area contributed by atoms with Crippen LogP contribution in [0.3, 0.4) is 0 Å². The van der Waals surface area contributed by atoms with Crippen LogP contribution in [0, 0.1) is 12.1 Å². The number of furan rings is 1. The fraction of sp³-hybridized carbons (Fsp3) is 0. The smallest absolute Gasteiger partial charge is 0.124 e. The van der Waals surface area contributed by atoms with E-state index in [2.05, 4.69) is 39.2 Å². The summed E-state index contributed by atoms with van der Waals surface area (Å²) in [5, 5.41) is 5.73. The minimum Gasteiger partial charge on any atom is -0.476 e. The van der Waals surface area contributed by atoms with E-state index in [0.29, 0.717) is 0 Å². The third kappa shape index (κ3) is 3.32. The van der Waals surface area contributed by atoms with Crippen molar-refractivity contribution in [3.63, 3.8) is 0 Å². The maximum Gasteiger partial charge on any atom is 0.124 e. The van der Waals surface area contributed by atoms with Crippen molar-refractivity contribution >= 4 is 43.6 Å². The van der Waals surface area contributed by atoms with Gasteiger partial charge in [0.25, 0.3) is 0 Å². The third-order valence-corrected chi connectivity index (χ3v) is 5.31. The molecular formula is C27H15IrN3O-2. The van der Waals surface area contributed by atoms with Crippen LogP contribution in [0.1, 0.15) is 0 Å². The van der Waals surface area contributed by atoms with Crippen molar-refractivity contribution < 1.29 is 24.5 Å². The molecule has 0 fully saturated rings. The zero-order chi connectivity index (χ0) is 20.6. The first kappa shape index (κ1) is 20.3. The summed E-state index contributed by atoms with van der Waals surface area (Å²) in [5.41, 5.74) is 3.77. The van der Waals surface area contributed by atoms with Crippen molar-refractivity contribution in [2.24, 2.45) is 0 Å². The molecule has 0 spiro atoms. The van der Waals surface area contributed by atoms with E-state index in [1.54, 1.807) is 18.5 Å². The Hall–Kier alpha value is -3.66. The molecule has 0 saturated carbocycles. The van der Waals surface area contributed by atoms with Gasteiger partial charge in [-0.3, -0.25) is 9.97 Å². The van der Waals surface area contributed by atoms with Crippen molar-refractivity contribution in [1.82, 2.24) is 15.0 Å². The van der Waals surface area contributed by atoms with Crippen LogP contribution in [0.25, 0.3) is 55.0 Å². The molecule has 0 aliphatic rings. The van der Waals surface area contributed by atoms with E-state index in [-0.39, 0.29) is 20.1 Å². The van der Waals surface area contributed by atoms with E-state index in [4.69, 9.17) is 4.42 Å². The number of pyridine rings is 1.